The highest BCUT2D eigenvalue weighted by molar-refractivity contribution is 6.02. The number of aromatic nitrogens is 2. The molecule has 1 amide bonds. The van der Waals surface area contributed by atoms with Crippen LogP contribution in [0.15, 0.2) is 60.9 Å². The van der Waals surface area contributed by atoms with Crippen molar-refractivity contribution in [3.63, 3.8) is 0 Å². The molecule has 0 spiro atoms. The monoisotopic (exact) mass is 346 g/mol. The molecular formula is C21H22N4O. The predicted molar refractivity (Wildman–Crippen MR) is 104 cm³/mol. The van der Waals surface area contributed by atoms with Gasteiger partial charge >= 0.3 is 0 Å². The van der Waals surface area contributed by atoms with Gasteiger partial charge in [0.1, 0.15) is 11.5 Å². The number of aryl methyl sites for hydroxylation is 2. The minimum atomic E-state index is -0.271. The zero-order valence-electron chi connectivity index (χ0n) is 15.0. The second-order valence-electron chi connectivity index (χ2n) is 6.13. The fraction of sp³-hybridized carbons (Fsp3) is 0.190. The Morgan fingerprint density at radius 3 is 2.23 bits per heavy atom. The van der Waals surface area contributed by atoms with E-state index >= 15 is 0 Å². The van der Waals surface area contributed by atoms with Gasteiger partial charge in [-0.05, 0) is 36.6 Å². The number of anilines is 2. The maximum Gasteiger partial charge on any atom is 0.275 e. The Labute approximate surface area is 153 Å². The zero-order chi connectivity index (χ0) is 18.4. The van der Waals surface area contributed by atoms with Crippen molar-refractivity contribution < 1.29 is 4.79 Å². The third kappa shape index (κ3) is 4.66. The molecular weight excluding hydrogens is 324 g/mol. The number of nitrogens with zero attached hydrogens (tertiary/aromatic N) is 2. The number of nitrogens with one attached hydrogen (secondary N) is 2. The highest BCUT2D eigenvalue weighted by Crippen LogP contribution is 2.12. The quantitative estimate of drug-likeness (QED) is 0.701. The second kappa shape index (κ2) is 8.25. The number of carbonyl (C=O) groups is 1. The van der Waals surface area contributed by atoms with Crippen LogP contribution in [0.5, 0.6) is 0 Å². The lowest BCUT2D eigenvalue weighted by Crippen LogP contribution is -2.14. The summed E-state index contributed by atoms with van der Waals surface area (Å²) in [5, 5.41) is 6.03. The molecule has 3 aromatic rings. The van der Waals surface area contributed by atoms with Gasteiger partial charge in [-0.25, -0.2) is 9.97 Å². The summed E-state index contributed by atoms with van der Waals surface area (Å²) < 4.78 is 0. The van der Waals surface area contributed by atoms with Crippen molar-refractivity contribution >= 4 is 17.4 Å². The van der Waals surface area contributed by atoms with Gasteiger partial charge < -0.3 is 10.6 Å². The predicted octanol–water partition coefficient (Wildman–Crippen LogP) is 4.21. The first-order chi connectivity index (χ1) is 12.6. The van der Waals surface area contributed by atoms with E-state index in [4.69, 9.17) is 0 Å². The van der Waals surface area contributed by atoms with E-state index in [0.717, 1.165) is 17.7 Å². The number of carbonyl (C=O) groups excluding carboxylic acids is 1. The Hall–Kier alpha value is -3.21. The highest BCUT2D eigenvalue weighted by Gasteiger charge is 2.08. The number of amides is 1. The van der Waals surface area contributed by atoms with E-state index in [2.05, 4.69) is 58.7 Å². The first-order valence-electron chi connectivity index (χ1n) is 8.66. The number of rotatable bonds is 6. The van der Waals surface area contributed by atoms with E-state index in [0.29, 0.717) is 12.4 Å². The van der Waals surface area contributed by atoms with Crippen LogP contribution in [0, 0.1) is 6.92 Å². The van der Waals surface area contributed by atoms with Crippen LogP contribution < -0.4 is 10.6 Å². The largest absolute Gasteiger partial charge is 0.365 e. The molecule has 0 bridgehead atoms. The zero-order valence-corrected chi connectivity index (χ0v) is 15.0. The van der Waals surface area contributed by atoms with Gasteiger partial charge in [0.15, 0.2) is 0 Å². The fourth-order valence-electron chi connectivity index (χ4n) is 2.45. The number of hydrogen-bond donors (Lipinski definition) is 2. The minimum Gasteiger partial charge on any atom is -0.365 e. The van der Waals surface area contributed by atoms with Crippen LogP contribution in [0.4, 0.5) is 11.5 Å². The summed E-state index contributed by atoms with van der Waals surface area (Å²) in [6.07, 6.45) is 4.02. The normalized spacial score (nSPS) is 10.4. The van der Waals surface area contributed by atoms with Crippen LogP contribution in [-0.2, 0) is 13.0 Å². The molecule has 0 aliphatic heterocycles. The molecule has 0 fully saturated rings. The summed E-state index contributed by atoms with van der Waals surface area (Å²) >= 11 is 0. The summed E-state index contributed by atoms with van der Waals surface area (Å²) in [5.41, 5.74) is 4.65. The Kier molecular flexibility index (Phi) is 5.59. The Morgan fingerprint density at radius 2 is 1.62 bits per heavy atom. The van der Waals surface area contributed by atoms with Crippen LogP contribution in [0.2, 0.25) is 0 Å². The van der Waals surface area contributed by atoms with E-state index in [1.165, 1.54) is 17.3 Å². The number of benzene rings is 2. The van der Waals surface area contributed by atoms with E-state index in [9.17, 15) is 4.79 Å². The first-order valence-corrected chi connectivity index (χ1v) is 8.66. The third-order valence-corrected chi connectivity index (χ3v) is 4.10. The van der Waals surface area contributed by atoms with Gasteiger partial charge in [0.25, 0.3) is 5.91 Å². The van der Waals surface area contributed by atoms with Crippen molar-refractivity contribution in [2.45, 2.75) is 26.8 Å². The lowest BCUT2D eigenvalue weighted by molar-refractivity contribution is 0.102. The Morgan fingerprint density at radius 1 is 0.923 bits per heavy atom. The topological polar surface area (TPSA) is 66.9 Å². The standard InChI is InChI=1S/C21H22N4O/c1-3-16-8-10-18(11-9-16)25-21(26)19-13-24-20(14-22-19)23-12-17-6-4-15(2)5-7-17/h4-11,13-14H,3,12H2,1-2H3,(H,23,24)(H,25,26). The average molecular weight is 346 g/mol. The lowest BCUT2D eigenvalue weighted by atomic mass is 10.1. The molecule has 0 saturated heterocycles. The lowest BCUT2D eigenvalue weighted by Gasteiger charge is -2.08. The van der Waals surface area contributed by atoms with E-state index in [1.54, 1.807) is 6.20 Å². The third-order valence-electron chi connectivity index (χ3n) is 4.10. The summed E-state index contributed by atoms with van der Waals surface area (Å²) in [6, 6.07) is 16.1. The summed E-state index contributed by atoms with van der Waals surface area (Å²) in [4.78, 5) is 20.7. The van der Waals surface area contributed by atoms with Crippen LogP contribution in [-0.4, -0.2) is 15.9 Å². The first kappa shape index (κ1) is 17.6. The molecule has 3 rings (SSSR count). The molecule has 2 N–H and O–H groups in total. The molecule has 26 heavy (non-hydrogen) atoms. The summed E-state index contributed by atoms with van der Waals surface area (Å²) in [7, 11) is 0. The maximum absolute atomic E-state index is 12.3. The molecule has 0 saturated carbocycles. The van der Waals surface area contributed by atoms with Crippen molar-refractivity contribution in [3.8, 4) is 0 Å². The molecule has 0 radical (unpaired) electrons. The van der Waals surface area contributed by atoms with E-state index in [1.807, 2.05) is 24.3 Å². The van der Waals surface area contributed by atoms with Gasteiger partial charge in [-0.2, -0.15) is 0 Å². The molecule has 132 valence electrons. The molecule has 5 nitrogen and oxygen atoms in total. The molecule has 1 aromatic heterocycles. The van der Waals surface area contributed by atoms with Crippen LogP contribution in [0.1, 0.15) is 34.1 Å². The van der Waals surface area contributed by atoms with E-state index in [-0.39, 0.29) is 11.6 Å². The minimum absolute atomic E-state index is 0.271. The van der Waals surface area contributed by atoms with Gasteiger partial charge in [-0.1, -0.05) is 48.9 Å². The summed E-state index contributed by atoms with van der Waals surface area (Å²) in [6.45, 7) is 4.81. The van der Waals surface area contributed by atoms with Gasteiger partial charge in [0.05, 0.1) is 12.4 Å². The second-order valence-corrected chi connectivity index (χ2v) is 6.13. The SMILES string of the molecule is CCc1ccc(NC(=O)c2cnc(NCc3ccc(C)cc3)cn2)cc1. The van der Waals surface area contributed by atoms with Crippen LogP contribution in [0.25, 0.3) is 0 Å². The van der Waals surface area contributed by atoms with Crippen LogP contribution in [0.3, 0.4) is 0 Å². The van der Waals surface area contributed by atoms with Crippen molar-refractivity contribution in [2.75, 3.05) is 10.6 Å². The molecule has 1 heterocycles. The Bertz CT molecular complexity index is 856. The summed E-state index contributed by atoms with van der Waals surface area (Å²) in [5.74, 6) is 0.362. The maximum atomic E-state index is 12.3. The molecule has 0 aliphatic carbocycles. The van der Waals surface area contributed by atoms with E-state index < -0.39 is 0 Å². The van der Waals surface area contributed by atoms with Crippen molar-refractivity contribution in [1.29, 1.82) is 0 Å². The highest BCUT2D eigenvalue weighted by atomic mass is 16.1. The molecule has 0 atom stereocenters. The van der Waals surface area contributed by atoms with Crippen molar-refractivity contribution in [3.05, 3.63) is 83.3 Å². The smallest absolute Gasteiger partial charge is 0.275 e. The van der Waals surface area contributed by atoms with Crippen molar-refractivity contribution in [2.24, 2.45) is 0 Å². The molecule has 0 aliphatic rings. The van der Waals surface area contributed by atoms with Crippen molar-refractivity contribution in [1.82, 2.24) is 9.97 Å². The molecule has 2 aromatic carbocycles. The van der Waals surface area contributed by atoms with Crippen LogP contribution >= 0.6 is 0 Å². The molecule has 0 unspecified atom stereocenters. The molecule has 5 heteroatoms. The number of hydrogen-bond acceptors (Lipinski definition) is 4. The van der Waals surface area contributed by atoms with Gasteiger partial charge in [0, 0.05) is 12.2 Å². The fourth-order valence-corrected chi connectivity index (χ4v) is 2.45. The van der Waals surface area contributed by atoms with Gasteiger partial charge in [0.2, 0.25) is 0 Å². The van der Waals surface area contributed by atoms with Gasteiger partial charge in [-0.15, -0.1) is 0 Å². The average Bonchev–Trinajstić information content (AvgIpc) is 2.68. The Balaban J connectivity index is 1.57. The van der Waals surface area contributed by atoms with Gasteiger partial charge in [-0.3, -0.25) is 4.79 Å².